The molecular formula is C18H19NO3S2. The van der Waals surface area contributed by atoms with Crippen LogP contribution in [0.4, 0.5) is 0 Å². The van der Waals surface area contributed by atoms with Crippen molar-refractivity contribution in [3.63, 3.8) is 0 Å². The van der Waals surface area contributed by atoms with Crippen LogP contribution >= 0.6 is 23.1 Å². The normalized spacial score (nSPS) is 17.7. The monoisotopic (exact) mass is 361 g/mol. The van der Waals surface area contributed by atoms with Gasteiger partial charge in [-0.25, -0.2) is 9.78 Å². The number of rotatable bonds is 5. The predicted molar refractivity (Wildman–Crippen MR) is 95.5 cm³/mol. The Morgan fingerprint density at radius 1 is 1.38 bits per heavy atom. The van der Waals surface area contributed by atoms with Crippen molar-refractivity contribution in [2.24, 2.45) is 0 Å². The minimum Gasteiger partial charge on any atom is -0.451 e. The summed E-state index contributed by atoms with van der Waals surface area (Å²) >= 11 is 3.21. The molecule has 6 heteroatoms. The predicted octanol–water partition coefficient (Wildman–Crippen LogP) is 4.41. The van der Waals surface area contributed by atoms with Gasteiger partial charge in [-0.15, -0.1) is 11.3 Å². The van der Waals surface area contributed by atoms with Crippen LogP contribution in [0.1, 0.15) is 47.3 Å². The number of carbonyl (C=O) groups excluding carboxylic acids is 2. The van der Waals surface area contributed by atoms with Gasteiger partial charge in [0.25, 0.3) is 0 Å². The Morgan fingerprint density at radius 2 is 2.21 bits per heavy atom. The lowest BCUT2D eigenvalue weighted by Gasteiger charge is -2.21. The number of thiazole rings is 1. The maximum Gasteiger partial charge on any atom is 0.339 e. The average molecular weight is 361 g/mol. The summed E-state index contributed by atoms with van der Waals surface area (Å²) in [6.45, 7) is 1.97. The van der Waals surface area contributed by atoms with Crippen molar-refractivity contribution in [1.82, 2.24) is 4.98 Å². The van der Waals surface area contributed by atoms with Crippen LogP contribution in [0.5, 0.6) is 0 Å². The van der Waals surface area contributed by atoms with E-state index in [4.69, 9.17) is 4.74 Å². The van der Waals surface area contributed by atoms with Crippen LogP contribution in [0.25, 0.3) is 0 Å². The Balaban J connectivity index is 1.68. The molecule has 1 aromatic heterocycles. The van der Waals surface area contributed by atoms with E-state index in [1.807, 2.05) is 30.5 Å². The first-order valence-corrected chi connectivity index (χ1v) is 9.86. The number of ether oxygens (including phenoxy) is 1. The average Bonchev–Trinajstić information content (AvgIpc) is 3.01. The molecule has 24 heavy (non-hydrogen) atoms. The second-order valence-corrected chi connectivity index (χ2v) is 7.89. The van der Waals surface area contributed by atoms with Gasteiger partial charge in [-0.05, 0) is 37.8 Å². The lowest BCUT2D eigenvalue weighted by Crippen LogP contribution is -2.30. The summed E-state index contributed by atoms with van der Waals surface area (Å²) in [5.74, 6) is 0.290. The van der Waals surface area contributed by atoms with Crippen LogP contribution in [0, 0.1) is 6.92 Å². The zero-order valence-corrected chi connectivity index (χ0v) is 15.1. The molecule has 4 nitrogen and oxygen atoms in total. The second kappa shape index (κ2) is 7.94. The van der Waals surface area contributed by atoms with Gasteiger partial charge in [-0.3, -0.25) is 4.79 Å². The summed E-state index contributed by atoms with van der Waals surface area (Å²) in [7, 11) is 0. The highest BCUT2D eigenvalue weighted by Crippen LogP contribution is 2.28. The maximum absolute atomic E-state index is 12.5. The molecule has 2 aromatic rings. The van der Waals surface area contributed by atoms with Gasteiger partial charge in [-0.1, -0.05) is 30.0 Å². The van der Waals surface area contributed by atoms with E-state index in [0.717, 1.165) is 28.4 Å². The summed E-state index contributed by atoms with van der Waals surface area (Å²) in [6.07, 6.45) is 2.41. The van der Waals surface area contributed by atoms with Crippen molar-refractivity contribution in [2.45, 2.75) is 48.8 Å². The first-order chi connectivity index (χ1) is 11.6. The molecule has 0 N–H and O–H groups in total. The highest BCUT2D eigenvalue weighted by Gasteiger charge is 2.27. The van der Waals surface area contributed by atoms with Crippen LogP contribution in [0.2, 0.25) is 0 Å². The van der Waals surface area contributed by atoms with Gasteiger partial charge < -0.3 is 4.74 Å². The van der Waals surface area contributed by atoms with Crippen molar-refractivity contribution < 1.29 is 14.3 Å². The standard InChI is InChI=1S/C18H19NO3S2/c1-12-10-23-18(19-12)24-11-13-6-2-3-7-14(13)17(21)22-16-9-5-4-8-15(16)20/h2-3,6-7,10,16H,4-5,8-9,11H2,1H3/t16-/m1/s1. The minimum atomic E-state index is -0.575. The molecule has 1 atom stereocenters. The SMILES string of the molecule is Cc1csc(SCc2ccccc2C(=O)O[C@@H]2CCCCC2=O)n1. The fourth-order valence-electron chi connectivity index (χ4n) is 2.65. The van der Waals surface area contributed by atoms with Gasteiger partial charge in [0.1, 0.15) is 4.34 Å². The number of hydrogen-bond donors (Lipinski definition) is 0. The molecule has 0 bridgehead atoms. The Bertz CT molecular complexity index is 741. The molecular weight excluding hydrogens is 342 g/mol. The molecule has 1 aliphatic rings. The molecule has 1 saturated carbocycles. The molecule has 1 aliphatic carbocycles. The number of carbonyl (C=O) groups is 2. The van der Waals surface area contributed by atoms with Crippen molar-refractivity contribution in [3.05, 3.63) is 46.5 Å². The first-order valence-electron chi connectivity index (χ1n) is 8.00. The van der Waals surface area contributed by atoms with Crippen LogP contribution in [-0.4, -0.2) is 22.8 Å². The Morgan fingerprint density at radius 3 is 2.96 bits per heavy atom. The third kappa shape index (κ3) is 4.24. The van der Waals surface area contributed by atoms with Gasteiger partial charge in [-0.2, -0.15) is 0 Å². The maximum atomic E-state index is 12.5. The summed E-state index contributed by atoms with van der Waals surface area (Å²) < 4.78 is 6.46. The number of Topliss-reactive ketones (excluding diaryl/α,β-unsaturated/α-hetero) is 1. The molecule has 1 heterocycles. The van der Waals surface area contributed by atoms with E-state index in [9.17, 15) is 9.59 Å². The van der Waals surface area contributed by atoms with E-state index in [1.165, 1.54) is 0 Å². The molecule has 126 valence electrons. The lowest BCUT2D eigenvalue weighted by atomic mass is 9.96. The zero-order valence-electron chi connectivity index (χ0n) is 13.5. The van der Waals surface area contributed by atoms with Gasteiger partial charge in [0.15, 0.2) is 11.9 Å². The lowest BCUT2D eigenvalue weighted by molar-refractivity contribution is -0.129. The second-order valence-electron chi connectivity index (χ2n) is 5.81. The number of esters is 1. The molecule has 0 spiro atoms. The number of benzene rings is 1. The highest BCUT2D eigenvalue weighted by atomic mass is 32.2. The van der Waals surface area contributed by atoms with Crippen molar-refractivity contribution in [1.29, 1.82) is 0 Å². The summed E-state index contributed by atoms with van der Waals surface area (Å²) in [5, 5.41) is 2.01. The van der Waals surface area contributed by atoms with Crippen LogP contribution in [0.3, 0.4) is 0 Å². The third-order valence-electron chi connectivity index (χ3n) is 3.93. The van der Waals surface area contributed by atoms with E-state index in [1.54, 1.807) is 29.2 Å². The summed E-state index contributed by atoms with van der Waals surface area (Å²) in [5.41, 5.74) is 2.45. The topological polar surface area (TPSA) is 56.3 Å². The molecule has 3 rings (SSSR count). The Labute approximate surface area is 149 Å². The van der Waals surface area contributed by atoms with Crippen LogP contribution < -0.4 is 0 Å². The number of nitrogens with zero attached hydrogens (tertiary/aromatic N) is 1. The van der Waals surface area contributed by atoms with E-state index >= 15 is 0 Å². The Kier molecular flexibility index (Phi) is 5.68. The fourth-order valence-corrected chi connectivity index (χ4v) is 4.51. The molecule has 1 aromatic carbocycles. The minimum absolute atomic E-state index is 0.0414. The zero-order chi connectivity index (χ0) is 16.9. The van der Waals surface area contributed by atoms with Crippen LogP contribution in [-0.2, 0) is 15.3 Å². The fraction of sp³-hybridized carbons (Fsp3) is 0.389. The molecule has 0 amide bonds. The van der Waals surface area contributed by atoms with Gasteiger partial charge in [0.2, 0.25) is 0 Å². The summed E-state index contributed by atoms with van der Waals surface area (Å²) in [4.78, 5) is 28.8. The van der Waals surface area contributed by atoms with Crippen molar-refractivity contribution in [2.75, 3.05) is 0 Å². The van der Waals surface area contributed by atoms with E-state index in [0.29, 0.717) is 24.2 Å². The van der Waals surface area contributed by atoms with E-state index in [-0.39, 0.29) is 5.78 Å². The third-order valence-corrected chi connectivity index (χ3v) is 6.12. The van der Waals surface area contributed by atoms with Crippen molar-refractivity contribution >= 4 is 34.9 Å². The molecule has 0 unspecified atom stereocenters. The Hall–Kier alpha value is -1.66. The van der Waals surface area contributed by atoms with Gasteiger partial charge >= 0.3 is 5.97 Å². The van der Waals surface area contributed by atoms with Gasteiger partial charge in [0.05, 0.1) is 5.56 Å². The number of aryl methyl sites for hydroxylation is 1. The van der Waals surface area contributed by atoms with Gasteiger partial charge in [0, 0.05) is 23.2 Å². The highest BCUT2D eigenvalue weighted by molar-refractivity contribution is 8.00. The van der Waals surface area contributed by atoms with Crippen molar-refractivity contribution in [3.8, 4) is 0 Å². The molecule has 0 saturated heterocycles. The van der Waals surface area contributed by atoms with E-state index in [2.05, 4.69) is 4.98 Å². The smallest absolute Gasteiger partial charge is 0.339 e. The van der Waals surface area contributed by atoms with E-state index < -0.39 is 12.1 Å². The number of thioether (sulfide) groups is 1. The molecule has 0 aliphatic heterocycles. The first kappa shape index (κ1) is 17.2. The molecule has 1 fully saturated rings. The number of ketones is 1. The quantitative estimate of drug-likeness (QED) is 0.583. The van der Waals surface area contributed by atoms with Crippen LogP contribution in [0.15, 0.2) is 34.0 Å². The summed E-state index contributed by atoms with van der Waals surface area (Å²) in [6, 6.07) is 7.41. The largest absolute Gasteiger partial charge is 0.451 e. The number of hydrogen-bond acceptors (Lipinski definition) is 6. The number of aromatic nitrogens is 1. The molecule has 0 radical (unpaired) electrons.